The Morgan fingerprint density at radius 2 is 1.91 bits per heavy atom. The number of thiazole rings is 1. The summed E-state index contributed by atoms with van der Waals surface area (Å²) in [5, 5.41) is 32.0. The van der Waals surface area contributed by atoms with Gasteiger partial charge in [0.1, 0.15) is 33.6 Å². The number of carboxylic acid groups (broad SMARTS) is 1. The third kappa shape index (κ3) is 10.9. The van der Waals surface area contributed by atoms with Gasteiger partial charge in [-0.3, -0.25) is 19.1 Å². The molecule has 3 heterocycles. The lowest BCUT2D eigenvalue weighted by Crippen LogP contribution is -2.56. The van der Waals surface area contributed by atoms with E-state index in [9.17, 15) is 55.8 Å². The number of aromatic nitrogens is 4. The average Bonchev–Trinajstić information content (AvgIpc) is 3.63. The van der Waals surface area contributed by atoms with Crippen LogP contribution in [-0.4, -0.2) is 123 Å². The van der Waals surface area contributed by atoms with Crippen LogP contribution in [0, 0.1) is 0 Å². The Bertz CT molecular complexity index is 2170. The molecular formula is C27H34N10O13S3. The minimum Gasteiger partial charge on any atom is -0.478 e. The van der Waals surface area contributed by atoms with Crippen LogP contribution in [0.2, 0.25) is 0 Å². The summed E-state index contributed by atoms with van der Waals surface area (Å²) in [5.41, 5.74) is 1.21. The molecule has 3 amide bonds. The summed E-state index contributed by atoms with van der Waals surface area (Å²) in [7, 11) is -8.74. The van der Waals surface area contributed by atoms with E-state index in [2.05, 4.69) is 37.4 Å². The zero-order valence-electron chi connectivity index (χ0n) is 28.0. The molecule has 7 N–H and O–H groups in total. The van der Waals surface area contributed by atoms with E-state index in [0.29, 0.717) is 4.57 Å². The number of aliphatic carboxylic acids is 1. The van der Waals surface area contributed by atoms with Crippen molar-refractivity contribution in [3.8, 4) is 0 Å². The number of ketones is 1. The third-order valence-corrected chi connectivity index (χ3v) is 9.65. The van der Waals surface area contributed by atoms with Gasteiger partial charge in [-0.05, 0) is 26.7 Å². The fourth-order valence-corrected chi connectivity index (χ4v) is 6.17. The first-order chi connectivity index (χ1) is 24.6. The Labute approximate surface area is 304 Å². The Hall–Kier alpha value is -5.60. The zero-order valence-corrected chi connectivity index (χ0v) is 30.5. The molecular weight excluding hydrogens is 769 g/mol. The Morgan fingerprint density at radius 3 is 2.45 bits per heavy atom. The van der Waals surface area contributed by atoms with E-state index in [0.717, 1.165) is 43.7 Å². The molecule has 1 aliphatic rings. The second-order valence-corrected chi connectivity index (χ2v) is 16.2. The van der Waals surface area contributed by atoms with Crippen molar-refractivity contribution in [1.82, 2.24) is 34.1 Å². The lowest BCUT2D eigenvalue weighted by Gasteiger charge is -2.24. The quantitative estimate of drug-likeness (QED) is 0.0383. The number of oxime groups is 1. The van der Waals surface area contributed by atoms with E-state index in [4.69, 9.17) is 10.6 Å². The number of nitrogens with zero attached hydrogens (tertiary/aromatic N) is 6. The summed E-state index contributed by atoms with van der Waals surface area (Å²) in [4.78, 5) is 88.1. The van der Waals surface area contributed by atoms with E-state index in [1.165, 1.54) is 16.2 Å². The molecule has 0 saturated heterocycles. The highest BCUT2D eigenvalue weighted by atomic mass is 32.2. The number of anilines is 1. The number of amides is 3. The van der Waals surface area contributed by atoms with Crippen molar-refractivity contribution in [3.63, 3.8) is 0 Å². The second-order valence-electron chi connectivity index (χ2n) is 11.5. The lowest BCUT2D eigenvalue weighted by atomic mass is 10.1. The SMILES string of the molecule is C=CC[C@@H](NC(=O)NS(=O)(=O)n1nc(C2=CC(=O)C(O)C=N2)n(CCCS(C)(=O)=O)c1=O)[C@@H](C=O)NC(=O)/C(=N\OC(C)(C)C(=O)O)c1csc(N)n1. The molecule has 0 fully saturated rings. The lowest BCUT2D eigenvalue weighted by molar-refractivity contribution is -0.161. The minimum absolute atomic E-state index is 0.00513. The second kappa shape index (κ2) is 16.8. The van der Waals surface area contributed by atoms with Gasteiger partial charge in [-0.2, -0.15) is 8.42 Å². The predicted molar refractivity (Wildman–Crippen MR) is 187 cm³/mol. The van der Waals surface area contributed by atoms with Gasteiger partial charge in [0, 0.05) is 30.5 Å². The van der Waals surface area contributed by atoms with E-state index < -0.39 is 97.0 Å². The number of carbonyl (C=O) groups is 5. The molecule has 2 aromatic heterocycles. The van der Waals surface area contributed by atoms with Crippen molar-refractivity contribution in [3.05, 3.63) is 46.1 Å². The number of aliphatic hydroxyl groups is 1. The van der Waals surface area contributed by atoms with Gasteiger partial charge in [0.05, 0.1) is 11.8 Å². The number of aliphatic imine (C=N–C) groups is 1. The van der Waals surface area contributed by atoms with Crippen LogP contribution in [0.3, 0.4) is 0 Å². The first-order valence-electron chi connectivity index (χ1n) is 14.9. The Morgan fingerprint density at radius 1 is 1.23 bits per heavy atom. The number of carboxylic acids is 1. The van der Waals surface area contributed by atoms with Gasteiger partial charge in [-0.1, -0.05) is 15.3 Å². The molecule has 288 valence electrons. The number of hydrogen-bond donors (Lipinski definition) is 6. The van der Waals surface area contributed by atoms with Gasteiger partial charge in [-0.15, -0.1) is 23.0 Å². The van der Waals surface area contributed by atoms with Crippen LogP contribution in [0.1, 0.15) is 38.2 Å². The third-order valence-electron chi connectivity index (χ3n) is 6.81. The van der Waals surface area contributed by atoms with E-state index in [1.807, 2.05) is 0 Å². The van der Waals surface area contributed by atoms with Crippen molar-refractivity contribution >= 4 is 84.1 Å². The van der Waals surface area contributed by atoms with Crippen molar-refractivity contribution in [1.29, 1.82) is 0 Å². The number of nitrogen functional groups attached to an aromatic ring is 1. The number of aliphatic hydroxyl groups excluding tert-OH is 1. The molecule has 0 radical (unpaired) electrons. The molecule has 23 nitrogen and oxygen atoms in total. The number of rotatable bonds is 18. The highest BCUT2D eigenvalue weighted by Gasteiger charge is 2.33. The zero-order chi connectivity index (χ0) is 39.9. The van der Waals surface area contributed by atoms with E-state index >= 15 is 0 Å². The van der Waals surface area contributed by atoms with Crippen LogP contribution in [-0.2, 0) is 50.6 Å². The molecule has 3 atom stereocenters. The maximum absolute atomic E-state index is 13.3. The Balaban J connectivity index is 1.89. The molecule has 0 aromatic carbocycles. The smallest absolute Gasteiger partial charge is 0.362 e. The monoisotopic (exact) mass is 802 g/mol. The van der Waals surface area contributed by atoms with Crippen molar-refractivity contribution in [2.24, 2.45) is 10.1 Å². The van der Waals surface area contributed by atoms with Crippen LogP contribution in [0.4, 0.5) is 9.93 Å². The number of urea groups is 1. The average molecular weight is 803 g/mol. The standard InChI is InChI=1S/C27H34N10O13S3/c1-5-7-14(16(12-38)30-22(41)20(17-13-51-24(28)31-17)34-50-27(2,3)23(42)43)32-25(44)35-53(48,49)37-26(45)36(8-6-9-52(4,46)47)21(33-37)15-10-18(39)19(40)11-29-15/h5,10-14,16,19,40H,1,6-9H2,2-4H3,(H2,28,31)(H,30,41)(H,42,43)(H2,32,35,44)/b34-20-/t14-,16-,19?/m1/s1. The topological polar surface area (TPSA) is 343 Å². The molecule has 26 heteroatoms. The first kappa shape index (κ1) is 41.8. The number of hydrogen-bond acceptors (Lipinski definition) is 18. The van der Waals surface area contributed by atoms with Crippen molar-refractivity contribution in [2.75, 3.05) is 17.7 Å². The highest BCUT2D eigenvalue weighted by molar-refractivity contribution is 7.90. The number of nitrogens with two attached hydrogens (primary N) is 1. The van der Waals surface area contributed by atoms with Crippen LogP contribution in [0.25, 0.3) is 5.70 Å². The molecule has 0 bridgehead atoms. The summed E-state index contributed by atoms with van der Waals surface area (Å²) >= 11 is 0.896. The maximum Gasteiger partial charge on any atom is 0.362 e. The summed E-state index contributed by atoms with van der Waals surface area (Å²) in [6, 6.07) is -4.57. The van der Waals surface area contributed by atoms with Crippen LogP contribution in [0.5, 0.6) is 0 Å². The van der Waals surface area contributed by atoms with Crippen LogP contribution in [0.15, 0.2) is 39.1 Å². The molecule has 1 unspecified atom stereocenters. The Kier molecular flexibility index (Phi) is 13.3. The largest absolute Gasteiger partial charge is 0.478 e. The minimum atomic E-state index is -5.23. The molecule has 53 heavy (non-hydrogen) atoms. The first-order valence-corrected chi connectivity index (χ1v) is 19.3. The number of sulfone groups is 1. The number of nitrogens with one attached hydrogen (secondary N) is 3. The summed E-state index contributed by atoms with van der Waals surface area (Å²) < 4.78 is 51.9. The fraction of sp³-hybridized carbons (Fsp3) is 0.407. The van der Waals surface area contributed by atoms with Gasteiger partial charge in [-0.25, -0.2) is 32.5 Å². The van der Waals surface area contributed by atoms with Gasteiger partial charge in [0.25, 0.3) is 5.91 Å². The highest BCUT2D eigenvalue weighted by Crippen LogP contribution is 2.18. The summed E-state index contributed by atoms with van der Waals surface area (Å²) in [6.45, 7) is 5.36. The normalized spacial score (nSPS) is 16.2. The predicted octanol–water partition coefficient (Wildman–Crippen LogP) is -2.82. The van der Waals surface area contributed by atoms with Crippen molar-refractivity contribution < 1.29 is 55.9 Å². The van der Waals surface area contributed by atoms with Crippen LogP contribution >= 0.6 is 11.3 Å². The molecule has 0 aliphatic carbocycles. The molecule has 1 aliphatic heterocycles. The molecule has 2 aromatic rings. The number of carbonyl (C=O) groups excluding carboxylic acids is 4. The van der Waals surface area contributed by atoms with E-state index in [-0.39, 0.29) is 39.7 Å². The summed E-state index contributed by atoms with van der Waals surface area (Å²) in [5.74, 6) is -4.41. The molecule has 3 rings (SSSR count). The number of aldehydes is 1. The maximum atomic E-state index is 13.3. The van der Waals surface area contributed by atoms with E-state index in [1.54, 1.807) is 0 Å². The van der Waals surface area contributed by atoms with Gasteiger partial charge < -0.3 is 36.2 Å². The van der Waals surface area contributed by atoms with Crippen LogP contribution < -0.4 is 26.8 Å². The van der Waals surface area contributed by atoms with Gasteiger partial charge in [0.2, 0.25) is 5.60 Å². The molecule has 0 spiro atoms. The van der Waals surface area contributed by atoms with Gasteiger partial charge in [0.15, 0.2) is 28.6 Å². The van der Waals surface area contributed by atoms with Gasteiger partial charge >= 0.3 is 27.9 Å². The molecule has 0 saturated carbocycles. The fourth-order valence-electron chi connectivity index (χ4n) is 4.10. The van der Waals surface area contributed by atoms with Crippen molar-refractivity contribution in [2.45, 2.75) is 57.0 Å². The summed E-state index contributed by atoms with van der Waals surface area (Å²) in [6.07, 6.45) is 1.82.